The molecule has 0 nitrogen and oxygen atoms in total. The predicted molar refractivity (Wildman–Crippen MR) is 52.5 cm³/mol. The van der Waals surface area contributed by atoms with Crippen molar-refractivity contribution in [2.24, 2.45) is 0 Å². The molecule has 0 saturated heterocycles. The van der Waals surface area contributed by atoms with Crippen molar-refractivity contribution in [1.82, 2.24) is 0 Å². The Morgan fingerprint density at radius 3 is 2.50 bits per heavy atom. The summed E-state index contributed by atoms with van der Waals surface area (Å²) >= 11 is 4.00. The Morgan fingerprint density at radius 2 is 2.00 bits per heavy atom. The molecular formula is C6H3I2. The van der Waals surface area contributed by atoms with Gasteiger partial charge in [-0.3, -0.25) is 0 Å². The average molecular weight is 329 g/mol. The molecule has 0 aromatic rings. The molecule has 0 N–H and O–H groups in total. The molecule has 0 aliphatic heterocycles. The van der Waals surface area contributed by atoms with Crippen molar-refractivity contribution in [3.8, 4) is 19.7 Å². The molecule has 8 heavy (non-hydrogen) atoms. The van der Waals surface area contributed by atoms with Gasteiger partial charge in [-0.2, -0.15) is 0 Å². The molecule has 0 fully saturated rings. The molecule has 0 atom stereocenters. The van der Waals surface area contributed by atoms with Crippen LogP contribution in [0.2, 0.25) is 0 Å². The Bertz CT molecular complexity index is 131. The second kappa shape index (κ2) is 7.58. The highest BCUT2D eigenvalue weighted by Crippen LogP contribution is 1.83. The van der Waals surface area contributed by atoms with E-state index in [0.717, 1.165) is 6.42 Å². The zero-order valence-corrected chi connectivity index (χ0v) is 8.36. The van der Waals surface area contributed by atoms with E-state index in [0.29, 0.717) is 0 Å². The first-order valence-electron chi connectivity index (χ1n) is 1.93. The zero-order chi connectivity index (χ0) is 6.24. The Morgan fingerprint density at radius 1 is 1.25 bits per heavy atom. The summed E-state index contributed by atoms with van der Waals surface area (Å²) in [6.07, 6.45) is 2.62. The van der Waals surface area contributed by atoms with Gasteiger partial charge >= 0.3 is 0 Å². The van der Waals surface area contributed by atoms with E-state index in [-0.39, 0.29) is 0 Å². The minimum atomic E-state index is 0.777. The molecule has 0 amide bonds. The van der Waals surface area contributed by atoms with E-state index in [1.807, 2.05) is 51.6 Å². The van der Waals surface area contributed by atoms with Gasteiger partial charge in [0.2, 0.25) is 0 Å². The number of unbranched alkanes of at least 4 members (excludes halogenated alkanes) is 1. The third-order valence-corrected chi connectivity index (χ3v) is 1.12. The third-order valence-electron chi connectivity index (χ3n) is 0.428. The van der Waals surface area contributed by atoms with Crippen LogP contribution in [-0.2, 0) is 0 Å². The van der Waals surface area contributed by atoms with Crippen molar-refractivity contribution >= 4 is 45.2 Å². The topological polar surface area (TPSA) is 0 Å². The molecule has 0 heterocycles. The van der Waals surface area contributed by atoms with Crippen LogP contribution in [0.15, 0.2) is 0 Å². The van der Waals surface area contributed by atoms with Crippen LogP contribution in [0.25, 0.3) is 0 Å². The van der Waals surface area contributed by atoms with Crippen LogP contribution in [0.4, 0.5) is 0 Å². The zero-order valence-electron chi connectivity index (χ0n) is 4.04. The van der Waals surface area contributed by atoms with Gasteiger partial charge in [0.15, 0.2) is 0 Å². The molecule has 41 valence electrons. The van der Waals surface area contributed by atoms with Gasteiger partial charge in [0, 0.05) is 58.0 Å². The Hall–Kier alpha value is 0.580. The van der Waals surface area contributed by atoms with E-state index in [1.54, 1.807) is 0 Å². The summed E-state index contributed by atoms with van der Waals surface area (Å²) in [5.41, 5.74) is 0. The van der Waals surface area contributed by atoms with E-state index in [4.69, 9.17) is 0 Å². The third kappa shape index (κ3) is 6.58. The van der Waals surface area contributed by atoms with Crippen molar-refractivity contribution in [3.63, 3.8) is 0 Å². The molecule has 2 heteroatoms. The number of hydrogen-bond acceptors (Lipinski definition) is 0. The van der Waals surface area contributed by atoms with Crippen molar-refractivity contribution < 1.29 is 0 Å². The predicted octanol–water partition coefficient (Wildman–Crippen LogP) is 2.37. The van der Waals surface area contributed by atoms with Crippen molar-refractivity contribution in [2.45, 2.75) is 6.42 Å². The van der Waals surface area contributed by atoms with Crippen molar-refractivity contribution in [2.75, 3.05) is 0 Å². The number of hydrogen-bond donors (Lipinski definition) is 0. The fraction of sp³-hybridized carbons (Fsp3) is 0.167. The second-order valence-corrected chi connectivity index (χ2v) is 2.00. The van der Waals surface area contributed by atoms with E-state index in [1.165, 1.54) is 0 Å². The summed E-state index contributed by atoms with van der Waals surface area (Å²) in [5, 5.41) is 0. The number of rotatable bonds is 1. The van der Waals surface area contributed by atoms with Gasteiger partial charge in [-0.15, -0.1) is 0 Å². The first-order valence-corrected chi connectivity index (χ1v) is 4.09. The second-order valence-electron chi connectivity index (χ2n) is 0.918. The maximum atomic E-state index is 2.86. The van der Waals surface area contributed by atoms with E-state index >= 15 is 0 Å². The SMILES string of the molecule is IC#C[CH]CC#CI. The van der Waals surface area contributed by atoms with Gasteiger partial charge in [-0.25, -0.2) is 0 Å². The summed E-state index contributed by atoms with van der Waals surface area (Å²) in [7, 11) is 0. The molecule has 0 rings (SSSR count). The maximum Gasteiger partial charge on any atom is 0.0467 e. The lowest BCUT2D eigenvalue weighted by atomic mass is 10.3. The molecule has 0 spiro atoms. The summed E-state index contributed by atoms with van der Waals surface area (Å²) in [6.45, 7) is 0. The van der Waals surface area contributed by atoms with Crippen LogP contribution in [0.1, 0.15) is 6.42 Å². The minimum absolute atomic E-state index is 0.777. The van der Waals surface area contributed by atoms with Crippen LogP contribution < -0.4 is 0 Å². The standard InChI is InChI=1S/C6H3I2/c7-5-3-1-2-4-6-8/h1H,2H2. The van der Waals surface area contributed by atoms with E-state index in [2.05, 4.69) is 19.7 Å². The summed E-state index contributed by atoms with van der Waals surface area (Å²) in [4.78, 5) is 0. The molecule has 0 aromatic heterocycles. The highest BCUT2D eigenvalue weighted by molar-refractivity contribution is 14.1. The first-order chi connectivity index (χ1) is 3.91. The quantitative estimate of drug-likeness (QED) is 0.394. The Kier molecular flexibility index (Phi) is 8.13. The number of halogens is 2. The van der Waals surface area contributed by atoms with E-state index < -0.39 is 0 Å². The van der Waals surface area contributed by atoms with Gasteiger partial charge in [0.25, 0.3) is 0 Å². The van der Waals surface area contributed by atoms with Crippen LogP contribution in [-0.4, -0.2) is 0 Å². The Labute approximate surface area is 77.1 Å². The molecule has 0 saturated carbocycles. The normalized spacial score (nSPS) is 5.75. The van der Waals surface area contributed by atoms with E-state index in [9.17, 15) is 0 Å². The molecule has 0 aliphatic rings. The van der Waals surface area contributed by atoms with Crippen molar-refractivity contribution in [3.05, 3.63) is 6.42 Å². The van der Waals surface area contributed by atoms with Gasteiger partial charge in [0.05, 0.1) is 0 Å². The highest BCUT2D eigenvalue weighted by Gasteiger charge is 1.71. The monoisotopic (exact) mass is 329 g/mol. The molecule has 0 aromatic carbocycles. The van der Waals surface area contributed by atoms with Gasteiger partial charge < -0.3 is 0 Å². The molecule has 1 radical (unpaired) electrons. The van der Waals surface area contributed by atoms with Crippen LogP contribution in [0, 0.1) is 26.1 Å². The fourth-order valence-electron chi connectivity index (χ4n) is 0.179. The highest BCUT2D eigenvalue weighted by atomic mass is 127. The van der Waals surface area contributed by atoms with Crippen molar-refractivity contribution in [1.29, 1.82) is 0 Å². The van der Waals surface area contributed by atoms with Crippen LogP contribution in [0.5, 0.6) is 0 Å². The largest absolute Gasteiger partial charge is 0.0905 e. The lowest BCUT2D eigenvalue weighted by Crippen LogP contribution is -1.62. The first kappa shape index (κ1) is 8.58. The summed E-state index contributed by atoms with van der Waals surface area (Å²) in [6, 6.07) is 0. The maximum absolute atomic E-state index is 2.86. The summed E-state index contributed by atoms with van der Waals surface area (Å²) < 4.78 is 5.47. The molecular weight excluding hydrogens is 326 g/mol. The lowest BCUT2D eigenvalue weighted by molar-refractivity contribution is 1.38. The molecule has 0 bridgehead atoms. The van der Waals surface area contributed by atoms with Gasteiger partial charge in [0.1, 0.15) is 0 Å². The van der Waals surface area contributed by atoms with Gasteiger partial charge in [-0.05, 0) is 7.85 Å². The van der Waals surface area contributed by atoms with Crippen LogP contribution >= 0.6 is 45.2 Å². The van der Waals surface area contributed by atoms with Gasteiger partial charge in [-0.1, -0.05) is 11.8 Å². The fourth-order valence-corrected chi connectivity index (χ4v) is 0.620. The summed E-state index contributed by atoms with van der Waals surface area (Å²) in [5.74, 6) is 5.65. The lowest BCUT2D eigenvalue weighted by Gasteiger charge is -1.72. The average Bonchev–Trinajstić information content (AvgIpc) is 1.81. The molecule has 0 unspecified atom stereocenters. The minimum Gasteiger partial charge on any atom is -0.0905 e. The molecule has 0 aliphatic carbocycles. The smallest absolute Gasteiger partial charge is 0.0467 e. The Balaban J connectivity index is 3.10. The van der Waals surface area contributed by atoms with Crippen LogP contribution in [0.3, 0.4) is 0 Å².